The molecule has 0 saturated carbocycles. The number of aryl methyl sites for hydroxylation is 1. The Morgan fingerprint density at radius 2 is 2.27 bits per heavy atom. The number of imidazole rings is 1. The van der Waals surface area contributed by atoms with E-state index in [0.29, 0.717) is 0 Å². The van der Waals surface area contributed by atoms with Gasteiger partial charge in [0, 0.05) is 20.0 Å². The fourth-order valence-electron chi connectivity index (χ4n) is 3.24. The van der Waals surface area contributed by atoms with Gasteiger partial charge in [0.05, 0.1) is 29.3 Å². The lowest BCUT2D eigenvalue weighted by Crippen LogP contribution is -2.60. The van der Waals surface area contributed by atoms with Crippen molar-refractivity contribution in [1.29, 1.82) is 0 Å². The molecular formula is C16H28N4O2. The van der Waals surface area contributed by atoms with Crippen molar-refractivity contribution in [3.05, 3.63) is 17.7 Å². The van der Waals surface area contributed by atoms with E-state index in [0.717, 1.165) is 30.8 Å². The highest BCUT2D eigenvalue weighted by Gasteiger charge is 2.42. The lowest BCUT2D eigenvalue weighted by Gasteiger charge is -2.42. The van der Waals surface area contributed by atoms with Crippen LogP contribution < -0.4 is 10.6 Å². The predicted octanol–water partition coefficient (Wildman–Crippen LogP) is 2.08. The second-order valence-electron chi connectivity index (χ2n) is 7.14. The molecule has 6 nitrogen and oxygen atoms in total. The van der Waals surface area contributed by atoms with E-state index in [1.54, 1.807) is 0 Å². The van der Waals surface area contributed by atoms with Gasteiger partial charge in [0.25, 0.3) is 0 Å². The van der Waals surface area contributed by atoms with Crippen LogP contribution in [0.25, 0.3) is 0 Å². The average Bonchev–Trinajstić information content (AvgIpc) is 2.77. The molecule has 0 aromatic carbocycles. The number of carbonyl (C=O) groups is 1. The van der Waals surface area contributed by atoms with Crippen LogP contribution in [0.2, 0.25) is 0 Å². The zero-order valence-corrected chi connectivity index (χ0v) is 14.5. The summed E-state index contributed by atoms with van der Waals surface area (Å²) in [5, 5.41) is 6.59. The van der Waals surface area contributed by atoms with E-state index in [-0.39, 0.29) is 17.7 Å². The van der Waals surface area contributed by atoms with Gasteiger partial charge in [-0.05, 0) is 34.1 Å². The Balaban J connectivity index is 2.24. The number of hydrogen-bond donors (Lipinski definition) is 2. The van der Waals surface area contributed by atoms with Gasteiger partial charge >= 0.3 is 6.09 Å². The Kier molecular flexibility index (Phi) is 4.52. The van der Waals surface area contributed by atoms with E-state index >= 15 is 0 Å². The first-order valence-corrected chi connectivity index (χ1v) is 7.92. The van der Waals surface area contributed by atoms with Crippen LogP contribution in [0, 0.1) is 0 Å². The summed E-state index contributed by atoms with van der Waals surface area (Å²) in [7, 11) is 2.00. The van der Waals surface area contributed by atoms with E-state index < -0.39 is 5.60 Å². The molecule has 2 N–H and O–H groups in total. The van der Waals surface area contributed by atoms with Crippen molar-refractivity contribution in [2.24, 2.45) is 7.05 Å². The lowest BCUT2D eigenvalue weighted by atomic mass is 9.82. The van der Waals surface area contributed by atoms with Crippen LogP contribution in [-0.2, 0) is 23.7 Å². The van der Waals surface area contributed by atoms with Crippen LogP contribution in [0.4, 0.5) is 4.79 Å². The normalized spacial score (nSPS) is 22.8. The van der Waals surface area contributed by atoms with Crippen molar-refractivity contribution >= 4 is 6.09 Å². The molecule has 6 heteroatoms. The highest BCUT2D eigenvalue weighted by molar-refractivity contribution is 5.68. The zero-order chi connectivity index (χ0) is 16.5. The molecule has 2 atom stereocenters. The van der Waals surface area contributed by atoms with Gasteiger partial charge in [-0.2, -0.15) is 0 Å². The van der Waals surface area contributed by atoms with Crippen LogP contribution in [0.1, 0.15) is 52.4 Å². The van der Waals surface area contributed by atoms with Gasteiger partial charge in [-0.3, -0.25) is 0 Å². The maximum atomic E-state index is 12.2. The minimum Gasteiger partial charge on any atom is -0.444 e. The first-order valence-electron chi connectivity index (χ1n) is 7.92. The largest absolute Gasteiger partial charge is 0.444 e. The Morgan fingerprint density at radius 1 is 1.59 bits per heavy atom. The minimum absolute atomic E-state index is 0.0724. The third-order valence-corrected chi connectivity index (χ3v) is 4.15. The second kappa shape index (κ2) is 5.91. The Bertz CT molecular complexity index is 547. The summed E-state index contributed by atoms with van der Waals surface area (Å²) >= 11 is 0. The molecule has 2 unspecified atom stereocenters. The molecule has 2 rings (SSSR count). The second-order valence-corrected chi connectivity index (χ2v) is 7.14. The molecule has 0 fully saturated rings. The number of alkyl carbamates (subject to hydrolysis) is 1. The third kappa shape index (κ3) is 3.27. The van der Waals surface area contributed by atoms with Crippen LogP contribution in [0.3, 0.4) is 0 Å². The molecule has 1 aromatic rings. The maximum Gasteiger partial charge on any atom is 0.407 e. The van der Waals surface area contributed by atoms with E-state index in [4.69, 9.17) is 4.74 Å². The maximum absolute atomic E-state index is 12.2. The molecule has 1 aromatic heterocycles. The van der Waals surface area contributed by atoms with Crippen molar-refractivity contribution in [3.63, 3.8) is 0 Å². The van der Waals surface area contributed by atoms with Crippen molar-refractivity contribution < 1.29 is 9.53 Å². The van der Waals surface area contributed by atoms with Gasteiger partial charge in [-0.1, -0.05) is 6.92 Å². The van der Waals surface area contributed by atoms with Gasteiger partial charge in [0.1, 0.15) is 5.60 Å². The van der Waals surface area contributed by atoms with Gasteiger partial charge in [0.15, 0.2) is 0 Å². The summed E-state index contributed by atoms with van der Waals surface area (Å²) in [5.74, 6) is 0. The molecule has 1 amide bonds. The van der Waals surface area contributed by atoms with Crippen molar-refractivity contribution in [1.82, 2.24) is 20.2 Å². The Hall–Kier alpha value is -1.56. The summed E-state index contributed by atoms with van der Waals surface area (Å²) in [5.41, 5.74) is 1.39. The number of fused-ring (bicyclic) bond motifs is 1. The molecule has 0 bridgehead atoms. The number of nitrogens with one attached hydrogen (secondary N) is 2. The number of nitrogens with zero attached hydrogens (tertiary/aromatic N) is 2. The predicted molar refractivity (Wildman–Crippen MR) is 85.7 cm³/mol. The topological polar surface area (TPSA) is 68.2 Å². The number of aromatic nitrogens is 2. The summed E-state index contributed by atoms with van der Waals surface area (Å²) < 4.78 is 7.45. The summed E-state index contributed by atoms with van der Waals surface area (Å²) in [6.07, 6.45) is 3.18. The highest BCUT2D eigenvalue weighted by Crippen LogP contribution is 2.32. The van der Waals surface area contributed by atoms with Crippen LogP contribution in [0.5, 0.6) is 0 Å². The van der Waals surface area contributed by atoms with E-state index in [9.17, 15) is 4.79 Å². The molecule has 0 aliphatic carbocycles. The van der Waals surface area contributed by atoms with Gasteiger partial charge in [-0.25, -0.2) is 9.78 Å². The molecule has 1 aliphatic rings. The Labute approximate surface area is 132 Å². The average molecular weight is 308 g/mol. The molecule has 2 heterocycles. The highest BCUT2D eigenvalue weighted by atomic mass is 16.6. The van der Waals surface area contributed by atoms with E-state index in [1.807, 2.05) is 38.7 Å². The number of amides is 1. The molecule has 124 valence electrons. The third-order valence-electron chi connectivity index (χ3n) is 4.15. The molecule has 22 heavy (non-hydrogen) atoms. The lowest BCUT2D eigenvalue weighted by molar-refractivity contribution is 0.0460. The van der Waals surface area contributed by atoms with E-state index in [2.05, 4.69) is 29.5 Å². The monoisotopic (exact) mass is 308 g/mol. The van der Waals surface area contributed by atoms with Crippen LogP contribution >= 0.6 is 0 Å². The minimum atomic E-state index is -0.499. The van der Waals surface area contributed by atoms with Gasteiger partial charge in [0.2, 0.25) is 0 Å². The quantitative estimate of drug-likeness (QED) is 0.897. The SMILES string of the molecule is CCC(NC(=O)OC(C)(C)C)C1(C)NCCc2ncn(C)c21. The molecule has 0 spiro atoms. The summed E-state index contributed by atoms with van der Waals surface area (Å²) in [6, 6.07) is -0.0724. The van der Waals surface area contributed by atoms with Crippen molar-refractivity contribution in [2.75, 3.05) is 6.54 Å². The fraction of sp³-hybridized carbons (Fsp3) is 0.750. The van der Waals surface area contributed by atoms with Crippen LogP contribution in [-0.4, -0.2) is 33.8 Å². The van der Waals surface area contributed by atoms with Gasteiger partial charge < -0.3 is 19.9 Å². The van der Waals surface area contributed by atoms with E-state index in [1.165, 1.54) is 0 Å². The van der Waals surface area contributed by atoms with Gasteiger partial charge in [-0.15, -0.1) is 0 Å². The summed E-state index contributed by atoms with van der Waals surface area (Å²) in [6.45, 7) is 10.7. The molecule has 0 saturated heterocycles. The fourth-order valence-corrected chi connectivity index (χ4v) is 3.24. The van der Waals surface area contributed by atoms with Crippen LogP contribution in [0.15, 0.2) is 6.33 Å². The van der Waals surface area contributed by atoms with Crippen molar-refractivity contribution in [3.8, 4) is 0 Å². The standard InChI is InChI=1S/C16H28N4O2/c1-7-12(19-14(21)22-15(2,3)4)16(5)13-11(8-9-18-16)17-10-20(13)6/h10,12,18H,7-9H2,1-6H3,(H,19,21). The van der Waals surface area contributed by atoms with Crippen molar-refractivity contribution in [2.45, 2.75) is 64.6 Å². The molecule has 1 aliphatic heterocycles. The zero-order valence-electron chi connectivity index (χ0n) is 14.5. The first kappa shape index (κ1) is 16.8. The molecule has 0 radical (unpaired) electrons. The Morgan fingerprint density at radius 3 is 2.86 bits per heavy atom. The number of ether oxygens (including phenoxy) is 1. The number of rotatable bonds is 3. The first-order chi connectivity index (χ1) is 10.2. The smallest absolute Gasteiger partial charge is 0.407 e. The summed E-state index contributed by atoms with van der Waals surface area (Å²) in [4.78, 5) is 16.7. The molecular weight excluding hydrogens is 280 g/mol. The number of hydrogen-bond acceptors (Lipinski definition) is 4. The number of carbonyl (C=O) groups excluding carboxylic acids is 1.